The molecule has 0 saturated heterocycles. The molecule has 8 nitrogen and oxygen atoms in total. The van der Waals surface area contributed by atoms with Gasteiger partial charge in [-0.25, -0.2) is 4.79 Å². The van der Waals surface area contributed by atoms with Gasteiger partial charge in [0.25, 0.3) is 0 Å². The van der Waals surface area contributed by atoms with Crippen molar-refractivity contribution in [3.8, 4) is 28.2 Å². The molecule has 0 saturated carbocycles. The van der Waals surface area contributed by atoms with E-state index >= 15 is 0 Å². The number of carbonyl (C=O) groups is 1. The first-order valence-electron chi connectivity index (χ1n) is 12.9. The maximum Gasteiger partial charge on any atom is 0.333 e. The fourth-order valence-electron chi connectivity index (χ4n) is 4.94. The first-order valence-corrected chi connectivity index (χ1v) is 12.9. The Kier molecular flexibility index (Phi) is 7.13. The second kappa shape index (κ2) is 10.8. The van der Waals surface area contributed by atoms with Crippen LogP contribution in [0.2, 0.25) is 0 Å². The minimum atomic E-state index is -0.136. The first-order chi connectivity index (χ1) is 18.5. The van der Waals surface area contributed by atoms with Gasteiger partial charge in [-0.2, -0.15) is 5.21 Å². The van der Waals surface area contributed by atoms with E-state index in [1.165, 1.54) is 0 Å². The van der Waals surface area contributed by atoms with Crippen molar-refractivity contribution in [3.63, 3.8) is 0 Å². The first kappa shape index (κ1) is 25.1. The largest absolute Gasteiger partial charge is 0.333 e. The van der Waals surface area contributed by atoms with Crippen LogP contribution in [0.4, 0.5) is 0 Å². The molecule has 8 heteroatoms. The summed E-state index contributed by atoms with van der Waals surface area (Å²) < 4.78 is 3.48. The van der Waals surface area contributed by atoms with Gasteiger partial charge in [0, 0.05) is 23.0 Å². The topological polar surface area (TPSA) is 98.5 Å². The third-order valence-corrected chi connectivity index (χ3v) is 6.81. The molecule has 0 aliphatic heterocycles. The summed E-state index contributed by atoms with van der Waals surface area (Å²) in [5, 5.41) is 14.5. The molecule has 1 N–H and O–H groups in total. The molecular formula is C30H30N6O2. The lowest BCUT2D eigenvalue weighted by atomic mass is 9.98. The minimum Gasteiger partial charge on any atom is -0.294 e. The van der Waals surface area contributed by atoms with Crippen LogP contribution in [0.3, 0.4) is 0 Å². The van der Waals surface area contributed by atoms with E-state index in [-0.39, 0.29) is 11.5 Å². The van der Waals surface area contributed by atoms with Crippen molar-refractivity contribution >= 4 is 5.78 Å². The SMILES string of the molecule is CCCc1cn(-c2c(CC)cccc2C(C)=O)c(=O)n1Cc1ccc(-c2ccccc2-c2nn[nH]n2)cc1. The Labute approximate surface area is 221 Å². The van der Waals surface area contributed by atoms with Crippen LogP contribution in [-0.4, -0.2) is 35.5 Å². The van der Waals surface area contributed by atoms with E-state index < -0.39 is 0 Å². The third-order valence-electron chi connectivity index (χ3n) is 6.81. The molecule has 0 aliphatic carbocycles. The van der Waals surface area contributed by atoms with E-state index in [1.807, 2.05) is 66.2 Å². The summed E-state index contributed by atoms with van der Waals surface area (Å²) in [6.45, 7) is 6.13. The summed E-state index contributed by atoms with van der Waals surface area (Å²) in [5.41, 5.74) is 6.98. The fraction of sp³-hybridized carbons (Fsp3) is 0.233. The van der Waals surface area contributed by atoms with Gasteiger partial charge in [0.1, 0.15) is 0 Å². The van der Waals surface area contributed by atoms with Crippen LogP contribution < -0.4 is 5.69 Å². The van der Waals surface area contributed by atoms with Crippen molar-refractivity contribution in [1.82, 2.24) is 29.8 Å². The molecule has 0 fully saturated rings. The van der Waals surface area contributed by atoms with Gasteiger partial charge in [-0.3, -0.25) is 13.9 Å². The number of para-hydroxylation sites is 1. The number of aryl methyl sites for hydroxylation is 2. The van der Waals surface area contributed by atoms with Crippen LogP contribution in [0, 0.1) is 0 Å². The van der Waals surface area contributed by atoms with E-state index in [2.05, 4.69) is 39.7 Å². The summed E-state index contributed by atoms with van der Waals surface area (Å²) >= 11 is 0. The molecule has 5 aromatic rings. The zero-order valence-corrected chi connectivity index (χ0v) is 21.8. The molecule has 0 bridgehead atoms. The van der Waals surface area contributed by atoms with Gasteiger partial charge < -0.3 is 0 Å². The number of carbonyl (C=O) groups excluding carboxylic acids is 1. The summed E-state index contributed by atoms with van der Waals surface area (Å²) in [4.78, 5) is 26.2. The number of Topliss-reactive ketones (excluding diaryl/α,β-unsaturated/α-hetero) is 1. The predicted molar refractivity (Wildman–Crippen MR) is 148 cm³/mol. The number of hydrogen-bond donors (Lipinski definition) is 1. The standard InChI is InChI=1S/C30H30N6O2/c1-4-9-24-19-36(28-22(5-2)10-8-13-25(28)20(3)37)30(38)35(24)18-21-14-16-23(17-15-21)26-11-6-7-12-27(26)29-31-33-34-32-29/h6-8,10-17,19H,4-5,9,18H2,1-3H3,(H,31,32,33,34). The maximum absolute atomic E-state index is 13.8. The zero-order chi connectivity index (χ0) is 26.6. The summed E-state index contributed by atoms with van der Waals surface area (Å²) in [6.07, 6.45) is 4.30. The number of hydrogen-bond acceptors (Lipinski definition) is 5. The van der Waals surface area contributed by atoms with Crippen LogP contribution in [0.5, 0.6) is 0 Å². The van der Waals surface area contributed by atoms with Crippen molar-refractivity contribution in [2.24, 2.45) is 0 Å². The van der Waals surface area contributed by atoms with Crippen LogP contribution in [0.1, 0.15) is 54.4 Å². The lowest BCUT2D eigenvalue weighted by Crippen LogP contribution is -2.26. The normalized spacial score (nSPS) is 11.1. The van der Waals surface area contributed by atoms with Crippen molar-refractivity contribution in [3.05, 3.63) is 106 Å². The van der Waals surface area contributed by atoms with Gasteiger partial charge in [-0.15, -0.1) is 10.2 Å². The lowest BCUT2D eigenvalue weighted by Gasteiger charge is -2.12. The highest BCUT2D eigenvalue weighted by molar-refractivity contribution is 5.98. The molecule has 38 heavy (non-hydrogen) atoms. The molecule has 0 spiro atoms. The number of nitrogens with zero attached hydrogens (tertiary/aromatic N) is 5. The summed E-state index contributed by atoms with van der Waals surface area (Å²) in [5.74, 6) is 0.489. The van der Waals surface area contributed by atoms with Crippen LogP contribution in [0.25, 0.3) is 28.2 Å². The molecule has 0 atom stereocenters. The van der Waals surface area contributed by atoms with Gasteiger partial charge in [0.05, 0.1) is 12.2 Å². The van der Waals surface area contributed by atoms with E-state index in [1.54, 1.807) is 17.6 Å². The summed E-state index contributed by atoms with van der Waals surface area (Å²) in [7, 11) is 0. The minimum absolute atomic E-state index is 0.0521. The Hall–Kier alpha value is -4.59. The highest BCUT2D eigenvalue weighted by Crippen LogP contribution is 2.30. The number of rotatable bonds is 9. The van der Waals surface area contributed by atoms with E-state index in [0.717, 1.165) is 52.8 Å². The second-order valence-electron chi connectivity index (χ2n) is 9.31. The molecule has 0 unspecified atom stereocenters. The molecule has 2 heterocycles. The number of tetrazole rings is 1. The van der Waals surface area contributed by atoms with E-state index in [0.29, 0.717) is 23.6 Å². The number of aromatic amines is 1. The number of ketones is 1. The Morgan fingerprint density at radius 2 is 1.71 bits per heavy atom. The quantitative estimate of drug-likeness (QED) is 0.275. The van der Waals surface area contributed by atoms with E-state index in [9.17, 15) is 9.59 Å². The highest BCUT2D eigenvalue weighted by Gasteiger charge is 2.19. The van der Waals surface area contributed by atoms with Crippen LogP contribution in [0.15, 0.2) is 77.7 Å². The average Bonchev–Trinajstić information content (AvgIpc) is 3.58. The Morgan fingerprint density at radius 3 is 2.37 bits per heavy atom. The maximum atomic E-state index is 13.8. The van der Waals surface area contributed by atoms with Crippen LogP contribution in [-0.2, 0) is 19.4 Å². The molecule has 2 aromatic heterocycles. The van der Waals surface area contributed by atoms with Gasteiger partial charge >= 0.3 is 5.69 Å². The van der Waals surface area contributed by atoms with Gasteiger partial charge in [-0.05, 0) is 53.3 Å². The molecule has 0 amide bonds. The molecule has 5 rings (SSSR count). The number of aromatic nitrogens is 6. The molecule has 0 radical (unpaired) electrons. The Bertz CT molecular complexity index is 1630. The number of nitrogens with one attached hydrogen (secondary N) is 1. The zero-order valence-electron chi connectivity index (χ0n) is 21.8. The van der Waals surface area contributed by atoms with Gasteiger partial charge in [-0.1, -0.05) is 80.9 Å². The fourth-order valence-corrected chi connectivity index (χ4v) is 4.94. The van der Waals surface area contributed by atoms with E-state index in [4.69, 9.17) is 0 Å². The Balaban J connectivity index is 1.52. The second-order valence-corrected chi connectivity index (χ2v) is 9.31. The van der Waals surface area contributed by atoms with Crippen molar-refractivity contribution in [1.29, 1.82) is 0 Å². The molecular weight excluding hydrogens is 476 g/mol. The van der Waals surface area contributed by atoms with Crippen molar-refractivity contribution in [2.45, 2.75) is 46.6 Å². The molecule has 3 aromatic carbocycles. The monoisotopic (exact) mass is 506 g/mol. The molecule has 192 valence electrons. The number of H-pyrrole nitrogens is 1. The van der Waals surface area contributed by atoms with Gasteiger partial charge in [0.2, 0.25) is 5.82 Å². The smallest absolute Gasteiger partial charge is 0.294 e. The predicted octanol–water partition coefficient (Wildman–Crippen LogP) is 5.25. The Morgan fingerprint density at radius 1 is 0.947 bits per heavy atom. The third kappa shape index (κ3) is 4.72. The number of benzene rings is 3. The average molecular weight is 507 g/mol. The lowest BCUT2D eigenvalue weighted by molar-refractivity contribution is 0.101. The van der Waals surface area contributed by atoms with Crippen LogP contribution >= 0.6 is 0 Å². The highest BCUT2D eigenvalue weighted by atomic mass is 16.2. The molecule has 0 aliphatic rings. The number of imidazole rings is 1. The van der Waals surface area contributed by atoms with Crippen molar-refractivity contribution in [2.75, 3.05) is 0 Å². The van der Waals surface area contributed by atoms with Gasteiger partial charge in [0.15, 0.2) is 5.78 Å². The van der Waals surface area contributed by atoms with Crippen molar-refractivity contribution < 1.29 is 4.79 Å². The summed E-state index contributed by atoms with van der Waals surface area (Å²) in [6, 6.07) is 21.8.